The maximum atomic E-state index is 11.5. The van der Waals surface area contributed by atoms with Crippen LogP contribution in [0.15, 0.2) is 0 Å². The Morgan fingerprint density at radius 2 is 2.13 bits per heavy atom. The van der Waals surface area contributed by atoms with Crippen molar-refractivity contribution in [2.45, 2.75) is 32.7 Å². The quantitative estimate of drug-likeness (QED) is 0.691. The first-order valence-electron chi connectivity index (χ1n) is 5.84. The fourth-order valence-electron chi connectivity index (χ4n) is 1.55. The third kappa shape index (κ3) is 4.89. The minimum absolute atomic E-state index is 0.195. The van der Waals surface area contributed by atoms with Crippen LogP contribution in [0.5, 0.6) is 0 Å². The van der Waals surface area contributed by atoms with Crippen LogP contribution in [0.1, 0.15) is 26.7 Å². The van der Waals surface area contributed by atoms with Crippen LogP contribution in [0, 0.1) is 5.92 Å². The van der Waals surface area contributed by atoms with Gasteiger partial charge in [-0.15, -0.1) is 0 Å². The Balaban J connectivity index is 2.01. The van der Waals surface area contributed by atoms with Gasteiger partial charge in [-0.2, -0.15) is 11.8 Å². The van der Waals surface area contributed by atoms with E-state index in [0.29, 0.717) is 11.8 Å². The van der Waals surface area contributed by atoms with Gasteiger partial charge in [0.25, 0.3) is 0 Å². The molecule has 1 rings (SSSR count). The molecule has 0 aliphatic carbocycles. The molecule has 0 aromatic carbocycles. The van der Waals surface area contributed by atoms with Crippen LogP contribution in [-0.2, 0) is 4.79 Å². The van der Waals surface area contributed by atoms with Crippen molar-refractivity contribution in [3.8, 4) is 0 Å². The van der Waals surface area contributed by atoms with Crippen LogP contribution in [0.4, 0.5) is 0 Å². The largest absolute Gasteiger partial charge is 0.353 e. The fourth-order valence-corrected chi connectivity index (χ4v) is 2.50. The van der Waals surface area contributed by atoms with Gasteiger partial charge >= 0.3 is 0 Å². The molecule has 1 saturated heterocycles. The summed E-state index contributed by atoms with van der Waals surface area (Å²) >= 11 is 1.76. The Hall–Kier alpha value is -0.220. The summed E-state index contributed by atoms with van der Waals surface area (Å²) in [7, 11) is 0. The zero-order valence-corrected chi connectivity index (χ0v) is 10.5. The minimum Gasteiger partial charge on any atom is -0.353 e. The molecule has 4 heteroatoms. The van der Waals surface area contributed by atoms with Gasteiger partial charge in [0.05, 0.1) is 5.75 Å². The van der Waals surface area contributed by atoms with Gasteiger partial charge in [-0.1, -0.05) is 13.8 Å². The van der Waals surface area contributed by atoms with Crippen molar-refractivity contribution in [1.82, 2.24) is 10.6 Å². The standard InChI is InChI=1S/C11H22N2OS/c1-3-10(4-2)13-11(14)8-15-7-9-5-12-6-9/h9-10,12H,3-8H2,1-2H3,(H,13,14). The molecule has 1 fully saturated rings. The molecule has 2 N–H and O–H groups in total. The zero-order valence-electron chi connectivity index (χ0n) is 9.71. The van der Waals surface area contributed by atoms with Gasteiger partial charge < -0.3 is 10.6 Å². The lowest BCUT2D eigenvalue weighted by atomic mass is 10.1. The second-order valence-corrected chi connectivity index (χ2v) is 5.15. The van der Waals surface area contributed by atoms with Gasteiger partial charge in [0.1, 0.15) is 0 Å². The molecule has 0 radical (unpaired) electrons. The van der Waals surface area contributed by atoms with Crippen LogP contribution in [0.3, 0.4) is 0 Å². The van der Waals surface area contributed by atoms with Crippen LogP contribution in [-0.4, -0.2) is 36.5 Å². The second-order valence-electron chi connectivity index (χ2n) is 4.12. The number of rotatable bonds is 7. The normalized spacial score (nSPS) is 16.5. The van der Waals surface area contributed by atoms with Crippen molar-refractivity contribution in [2.75, 3.05) is 24.6 Å². The Morgan fingerprint density at radius 1 is 1.47 bits per heavy atom. The van der Waals surface area contributed by atoms with Gasteiger partial charge in [-0.05, 0) is 37.6 Å². The summed E-state index contributed by atoms with van der Waals surface area (Å²) in [6.07, 6.45) is 2.05. The van der Waals surface area contributed by atoms with E-state index in [1.807, 2.05) is 0 Å². The number of amides is 1. The lowest BCUT2D eigenvalue weighted by Crippen LogP contribution is -2.43. The predicted molar refractivity (Wildman–Crippen MR) is 66.2 cm³/mol. The molecule has 0 unspecified atom stereocenters. The smallest absolute Gasteiger partial charge is 0.230 e. The van der Waals surface area contributed by atoms with Crippen LogP contribution < -0.4 is 10.6 Å². The van der Waals surface area contributed by atoms with E-state index >= 15 is 0 Å². The fraction of sp³-hybridized carbons (Fsp3) is 0.909. The van der Waals surface area contributed by atoms with Crippen molar-refractivity contribution in [2.24, 2.45) is 5.92 Å². The third-order valence-corrected chi connectivity index (χ3v) is 3.98. The van der Waals surface area contributed by atoms with Gasteiger partial charge in [0.2, 0.25) is 5.91 Å². The first-order chi connectivity index (χ1) is 7.26. The van der Waals surface area contributed by atoms with Crippen molar-refractivity contribution >= 4 is 17.7 Å². The minimum atomic E-state index is 0.195. The van der Waals surface area contributed by atoms with Gasteiger partial charge in [-0.25, -0.2) is 0 Å². The molecule has 0 atom stereocenters. The Morgan fingerprint density at radius 3 is 2.60 bits per heavy atom. The number of nitrogens with one attached hydrogen (secondary N) is 2. The number of thioether (sulfide) groups is 1. The van der Waals surface area contributed by atoms with Crippen LogP contribution in [0.2, 0.25) is 0 Å². The SMILES string of the molecule is CCC(CC)NC(=O)CSCC1CNC1. The predicted octanol–water partition coefficient (Wildman–Crippen LogP) is 1.24. The summed E-state index contributed by atoms with van der Waals surface area (Å²) in [6.45, 7) is 6.48. The molecule has 0 aromatic rings. The highest BCUT2D eigenvalue weighted by molar-refractivity contribution is 7.99. The molecule has 0 bridgehead atoms. The molecule has 1 amide bonds. The first-order valence-corrected chi connectivity index (χ1v) is 6.99. The van der Waals surface area contributed by atoms with E-state index in [4.69, 9.17) is 0 Å². The number of hydrogen-bond donors (Lipinski definition) is 2. The summed E-state index contributed by atoms with van der Waals surface area (Å²) in [4.78, 5) is 11.5. The summed E-state index contributed by atoms with van der Waals surface area (Å²) in [5.74, 6) is 2.72. The Kier molecular flexibility index (Phi) is 6.10. The van der Waals surface area contributed by atoms with Crippen molar-refractivity contribution < 1.29 is 4.79 Å². The van der Waals surface area contributed by atoms with Gasteiger partial charge in [-0.3, -0.25) is 4.79 Å². The third-order valence-electron chi connectivity index (χ3n) is 2.80. The lowest BCUT2D eigenvalue weighted by molar-refractivity contribution is -0.119. The van der Waals surface area contributed by atoms with E-state index in [0.717, 1.165) is 37.6 Å². The molecule has 1 aliphatic rings. The maximum Gasteiger partial charge on any atom is 0.230 e. The number of carbonyl (C=O) groups excluding carboxylic acids is 1. The van der Waals surface area contributed by atoms with Gasteiger partial charge in [0.15, 0.2) is 0 Å². The molecular weight excluding hydrogens is 208 g/mol. The highest BCUT2D eigenvalue weighted by Crippen LogP contribution is 2.12. The van der Waals surface area contributed by atoms with Crippen LogP contribution in [0.25, 0.3) is 0 Å². The van der Waals surface area contributed by atoms with E-state index in [-0.39, 0.29) is 5.91 Å². The molecule has 0 spiro atoms. The van der Waals surface area contributed by atoms with Crippen LogP contribution >= 0.6 is 11.8 Å². The Labute approximate surface area is 96.8 Å². The lowest BCUT2D eigenvalue weighted by Gasteiger charge is -2.26. The molecule has 0 aromatic heterocycles. The van der Waals surface area contributed by atoms with E-state index in [2.05, 4.69) is 24.5 Å². The summed E-state index contributed by atoms with van der Waals surface area (Å²) in [5.41, 5.74) is 0. The average molecular weight is 230 g/mol. The van der Waals surface area contributed by atoms with Gasteiger partial charge in [0, 0.05) is 6.04 Å². The topological polar surface area (TPSA) is 41.1 Å². The van der Waals surface area contributed by atoms with E-state index in [9.17, 15) is 4.79 Å². The molecule has 0 saturated carbocycles. The van der Waals surface area contributed by atoms with E-state index in [1.54, 1.807) is 11.8 Å². The van der Waals surface area contributed by atoms with E-state index < -0.39 is 0 Å². The Bertz CT molecular complexity index is 191. The summed E-state index contributed by atoms with van der Waals surface area (Å²) in [6, 6.07) is 0.364. The first kappa shape index (κ1) is 12.8. The number of hydrogen-bond acceptors (Lipinski definition) is 3. The molecule has 15 heavy (non-hydrogen) atoms. The molecule has 1 aliphatic heterocycles. The van der Waals surface area contributed by atoms with Crippen molar-refractivity contribution in [3.63, 3.8) is 0 Å². The van der Waals surface area contributed by atoms with Crippen molar-refractivity contribution in [3.05, 3.63) is 0 Å². The monoisotopic (exact) mass is 230 g/mol. The summed E-state index contributed by atoms with van der Waals surface area (Å²) < 4.78 is 0. The van der Waals surface area contributed by atoms with Crippen molar-refractivity contribution in [1.29, 1.82) is 0 Å². The molecular formula is C11H22N2OS. The molecule has 3 nitrogen and oxygen atoms in total. The molecule has 1 heterocycles. The maximum absolute atomic E-state index is 11.5. The highest BCUT2D eigenvalue weighted by Gasteiger charge is 2.17. The highest BCUT2D eigenvalue weighted by atomic mass is 32.2. The summed E-state index contributed by atoms with van der Waals surface area (Å²) in [5, 5.41) is 6.29. The molecule has 88 valence electrons. The van der Waals surface area contributed by atoms with E-state index in [1.165, 1.54) is 0 Å². The second kappa shape index (κ2) is 7.12. The number of carbonyl (C=O) groups is 1. The average Bonchev–Trinajstić information content (AvgIpc) is 2.18. The zero-order chi connectivity index (χ0) is 11.1.